The maximum atomic E-state index is 13.7. The summed E-state index contributed by atoms with van der Waals surface area (Å²) in [6, 6.07) is 10.1. The SMILES string of the molecule is COc1cnc(-n2cnc(C)n2)c2[nH]cc(C(=O)C(=O)C3CCC(=C(c4ccccc4)c4nnc(C5CCC5)o4)CC3)c12. The van der Waals surface area contributed by atoms with Crippen LogP contribution in [0.5, 0.6) is 5.75 Å². The molecular formula is C32H31N7O4. The van der Waals surface area contributed by atoms with Gasteiger partial charge in [0.1, 0.15) is 17.9 Å². The highest BCUT2D eigenvalue weighted by Crippen LogP contribution is 2.40. The van der Waals surface area contributed by atoms with Crippen molar-refractivity contribution >= 4 is 28.0 Å². The first-order valence-corrected chi connectivity index (χ1v) is 14.6. The van der Waals surface area contributed by atoms with Gasteiger partial charge in [0, 0.05) is 23.6 Å². The van der Waals surface area contributed by atoms with Gasteiger partial charge in [0.2, 0.25) is 23.3 Å². The van der Waals surface area contributed by atoms with E-state index in [2.05, 4.69) is 30.2 Å². The van der Waals surface area contributed by atoms with Crippen molar-refractivity contribution in [1.82, 2.24) is 34.9 Å². The zero-order valence-corrected chi connectivity index (χ0v) is 24.0. The number of aromatic amines is 1. The van der Waals surface area contributed by atoms with E-state index in [0.717, 1.165) is 24.0 Å². The van der Waals surface area contributed by atoms with Gasteiger partial charge in [0.15, 0.2) is 5.82 Å². The number of carbonyl (C=O) groups is 2. The number of Topliss-reactive ketones (excluding diaryl/α,β-unsaturated/α-hetero) is 2. The number of H-pyrrole nitrogens is 1. The minimum atomic E-state index is -0.542. The zero-order valence-electron chi connectivity index (χ0n) is 24.0. The lowest BCUT2D eigenvalue weighted by molar-refractivity contribution is -0.119. The minimum Gasteiger partial charge on any atom is -0.494 e. The summed E-state index contributed by atoms with van der Waals surface area (Å²) in [6.45, 7) is 1.78. The molecule has 1 N–H and O–H groups in total. The van der Waals surface area contributed by atoms with Crippen LogP contribution >= 0.6 is 0 Å². The molecule has 5 aromatic rings. The lowest BCUT2D eigenvalue weighted by atomic mass is 9.79. The van der Waals surface area contributed by atoms with E-state index < -0.39 is 17.5 Å². The Morgan fingerprint density at radius 3 is 2.51 bits per heavy atom. The van der Waals surface area contributed by atoms with Crippen molar-refractivity contribution in [2.24, 2.45) is 5.92 Å². The Morgan fingerprint density at radius 1 is 1.05 bits per heavy atom. The molecule has 218 valence electrons. The lowest BCUT2D eigenvalue weighted by Gasteiger charge is -2.24. The quantitative estimate of drug-likeness (QED) is 0.185. The summed E-state index contributed by atoms with van der Waals surface area (Å²) in [5.41, 5.74) is 3.93. The van der Waals surface area contributed by atoms with Gasteiger partial charge < -0.3 is 14.1 Å². The fraction of sp³-hybridized carbons (Fsp3) is 0.344. The Hall–Kier alpha value is -4.93. The predicted molar refractivity (Wildman–Crippen MR) is 157 cm³/mol. The average Bonchev–Trinajstić information content (AvgIpc) is 3.77. The molecule has 1 aromatic carbocycles. The first-order valence-electron chi connectivity index (χ1n) is 14.6. The molecule has 0 aliphatic heterocycles. The average molecular weight is 578 g/mol. The maximum Gasteiger partial charge on any atom is 0.248 e. The molecule has 0 unspecified atom stereocenters. The topological polar surface area (TPSA) is 142 Å². The van der Waals surface area contributed by atoms with Crippen molar-refractivity contribution in [3.8, 4) is 11.6 Å². The summed E-state index contributed by atoms with van der Waals surface area (Å²) in [5, 5.41) is 13.6. The molecule has 0 spiro atoms. The van der Waals surface area contributed by atoms with E-state index in [0.29, 0.717) is 71.7 Å². The molecule has 2 saturated carbocycles. The highest BCUT2D eigenvalue weighted by atomic mass is 16.5. The third-order valence-corrected chi connectivity index (χ3v) is 8.65. The van der Waals surface area contributed by atoms with Gasteiger partial charge in [-0.25, -0.2) is 14.6 Å². The third-order valence-electron chi connectivity index (χ3n) is 8.65. The third kappa shape index (κ3) is 4.84. The number of carbonyl (C=O) groups excluding carboxylic acids is 2. The van der Waals surface area contributed by atoms with E-state index in [1.807, 2.05) is 30.3 Å². The first kappa shape index (κ1) is 26.9. The van der Waals surface area contributed by atoms with Crippen LogP contribution in [-0.4, -0.2) is 53.6 Å². The smallest absolute Gasteiger partial charge is 0.248 e. The molecule has 2 fully saturated rings. The number of allylic oxidation sites excluding steroid dienone is 1. The molecule has 0 saturated heterocycles. The Balaban J connectivity index is 1.15. The summed E-state index contributed by atoms with van der Waals surface area (Å²) in [7, 11) is 1.51. The fourth-order valence-corrected chi connectivity index (χ4v) is 6.10. The number of aryl methyl sites for hydroxylation is 1. The predicted octanol–water partition coefficient (Wildman–Crippen LogP) is 5.56. The Kier molecular flexibility index (Phi) is 6.92. The van der Waals surface area contributed by atoms with Crippen LogP contribution in [0.2, 0.25) is 0 Å². The van der Waals surface area contributed by atoms with Gasteiger partial charge in [-0.3, -0.25) is 9.59 Å². The number of nitrogens with one attached hydrogen (secondary N) is 1. The van der Waals surface area contributed by atoms with Crippen molar-refractivity contribution in [3.63, 3.8) is 0 Å². The summed E-state index contributed by atoms with van der Waals surface area (Å²) in [5.74, 6) is 1.69. The van der Waals surface area contributed by atoms with E-state index in [1.165, 1.54) is 30.0 Å². The first-order chi connectivity index (χ1) is 21.0. The van der Waals surface area contributed by atoms with Crippen molar-refractivity contribution in [3.05, 3.63) is 83.4 Å². The molecule has 4 aromatic heterocycles. The van der Waals surface area contributed by atoms with E-state index in [1.54, 1.807) is 19.4 Å². The van der Waals surface area contributed by atoms with Crippen LogP contribution in [0.15, 0.2) is 59.0 Å². The largest absolute Gasteiger partial charge is 0.494 e. The number of nitrogens with zero attached hydrogens (tertiary/aromatic N) is 6. The molecule has 0 radical (unpaired) electrons. The molecule has 43 heavy (non-hydrogen) atoms. The number of benzene rings is 1. The summed E-state index contributed by atoms with van der Waals surface area (Å²) in [4.78, 5) is 39.0. The number of ketones is 2. The van der Waals surface area contributed by atoms with Gasteiger partial charge in [-0.2, -0.15) is 5.10 Å². The van der Waals surface area contributed by atoms with Crippen LogP contribution in [0.3, 0.4) is 0 Å². The van der Waals surface area contributed by atoms with Gasteiger partial charge >= 0.3 is 0 Å². The molecule has 0 amide bonds. The molecule has 7 rings (SSSR count). The number of pyridine rings is 1. The molecule has 0 atom stereocenters. The van der Waals surface area contributed by atoms with Crippen LogP contribution in [0.1, 0.15) is 84.4 Å². The number of aromatic nitrogens is 7. The number of fused-ring (bicyclic) bond motifs is 1. The number of hydrogen-bond acceptors (Lipinski definition) is 9. The Bertz CT molecular complexity index is 1850. The van der Waals surface area contributed by atoms with Crippen molar-refractivity contribution < 1.29 is 18.7 Å². The molecular weight excluding hydrogens is 546 g/mol. The number of ether oxygens (including phenoxy) is 1. The van der Waals surface area contributed by atoms with E-state index in [9.17, 15) is 9.59 Å². The normalized spacial score (nSPS) is 17.2. The number of methoxy groups -OCH3 is 1. The van der Waals surface area contributed by atoms with Crippen molar-refractivity contribution in [1.29, 1.82) is 0 Å². The van der Waals surface area contributed by atoms with Crippen LogP contribution in [0.25, 0.3) is 22.3 Å². The Labute approximate surface area is 247 Å². The van der Waals surface area contributed by atoms with Gasteiger partial charge in [-0.05, 0) is 51.0 Å². The molecule has 2 aliphatic carbocycles. The molecule has 0 bridgehead atoms. The number of rotatable bonds is 8. The summed E-state index contributed by atoms with van der Waals surface area (Å²) >= 11 is 0. The fourth-order valence-electron chi connectivity index (χ4n) is 6.10. The minimum absolute atomic E-state index is 0.262. The van der Waals surface area contributed by atoms with Gasteiger partial charge in [-0.1, -0.05) is 42.3 Å². The van der Waals surface area contributed by atoms with Gasteiger partial charge in [-0.15, -0.1) is 10.2 Å². The van der Waals surface area contributed by atoms with Crippen LogP contribution < -0.4 is 4.74 Å². The summed E-state index contributed by atoms with van der Waals surface area (Å²) < 4.78 is 13.3. The van der Waals surface area contributed by atoms with Gasteiger partial charge in [0.25, 0.3) is 0 Å². The van der Waals surface area contributed by atoms with E-state index in [4.69, 9.17) is 9.15 Å². The van der Waals surface area contributed by atoms with Crippen LogP contribution in [-0.2, 0) is 4.79 Å². The highest BCUT2D eigenvalue weighted by molar-refractivity contribution is 6.46. The Morgan fingerprint density at radius 2 is 1.84 bits per heavy atom. The van der Waals surface area contributed by atoms with Crippen molar-refractivity contribution in [2.75, 3.05) is 7.11 Å². The van der Waals surface area contributed by atoms with Crippen molar-refractivity contribution in [2.45, 2.75) is 57.8 Å². The maximum absolute atomic E-state index is 13.7. The molecule has 11 nitrogen and oxygen atoms in total. The molecule has 11 heteroatoms. The summed E-state index contributed by atoms with van der Waals surface area (Å²) in [6.07, 6.45) is 10.4. The second-order valence-electron chi connectivity index (χ2n) is 11.2. The molecule has 4 heterocycles. The lowest BCUT2D eigenvalue weighted by Crippen LogP contribution is -2.26. The standard InChI is InChI=1S/C32H31N7O4/c1-18-35-17-39(38-18)30-27-26(24(42-2)16-34-30)23(15-33-27)29(41)28(40)21-13-11-20(12-14-21)25(19-7-4-3-5-8-19)32-37-36-31(43-32)22-9-6-10-22/h3-5,7-8,15-17,21-22,33H,6,9-14H2,1-2H3. The second-order valence-corrected chi connectivity index (χ2v) is 11.2. The highest BCUT2D eigenvalue weighted by Gasteiger charge is 2.33. The zero-order chi connectivity index (χ0) is 29.5. The van der Waals surface area contributed by atoms with E-state index >= 15 is 0 Å². The monoisotopic (exact) mass is 577 g/mol. The van der Waals surface area contributed by atoms with E-state index in [-0.39, 0.29) is 5.56 Å². The second kappa shape index (κ2) is 11.0. The molecule has 2 aliphatic rings. The number of hydrogen-bond donors (Lipinski definition) is 1. The van der Waals surface area contributed by atoms with Crippen LogP contribution in [0, 0.1) is 12.8 Å². The van der Waals surface area contributed by atoms with Gasteiger partial charge in [0.05, 0.1) is 29.8 Å². The van der Waals surface area contributed by atoms with Crippen LogP contribution in [0.4, 0.5) is 0 Å².